The predicted molar refractivity (Wildman–Crippen MR) is 101 cm³/mol. The number of hydrogen-bond donors (Lipinski definition) is 2. The van der Waals surface area contributed by atoms with Crippen molar-refractivity contribution in [2.24, 2.45) is 5.73 Å². The first-order chi connectivity index (χ1) is 11.5. The molecule has 0 bridgehead atoms. The molecule has 2 fully saturated rings. The van der Waals surface area contributed by atoms with Crippen LogP contribution in [0.4, 0.5) is 0 Å². The fourth-order valence-electron chi connectivity index (χ4n) is 3.75. The monoisotopic (exact) mass is 368 g/mol. The normalized spacial score (nSPS) is 20.1. The highest BCUT2D eigenvalue weighted by Crippen LogP contribution is 2.42. The predicted octanol–water partition coefficient (Wildman–Crippen LogP) is 2.94. The lowest BCUT2D eigenvalue weighted by Crippen LogP contribution is -2.49. The SMILES string of the molecule is COc1ccc(C2(CNC(=O)C3(N)CC3)CCCCC2)cc1OC.Cl. The van der Waals surface area contributed by atoms with Gasteiger partial charge in [0.25, 0.3) is 0 Å². The summed E-state index contributed by atoms with van der Waals surface area (Å²) in [6, 6.07) is 6.12. The Balaban J connectivity index is 0.00000225. The number of methoxy groups -OCH3 is 2. The second-order valence-corrected chi connectivity index (χ2v) is 7.25. The quantitative estimate of drug-likeness (QED) is 0.809. The zero-order valence-electron chi connectivity index (χ0n) is 15.1. The smallest absolute Gasteiger partial charge is 0.240 e. The molecule has 3 N–H and O–H groups in total. The molecule has 2 saturated carbocycles. The standard InChI is InChI=1S/C19H28N2O3.ClH/c1-23-15-7-6-14(12-16(15)24-2)18(8-4-3-5-9-18)13-21-17(22)19(20)10-11-19;/h6-7,12H,3-5,8-11,13,20H2,1-2H3,(H,21,22);1H. The first-order valence-electron chi connectivity index (χ1n) is 8.83. The van der Waals surface area contributed by atoms with E-state index in [0.29, 0.717) is 6.54 Å². The van der Waals surface area contributed by atoms with Gasteiger partial charge in [0.05, 0.1) is 19.8 Å². The molecule has 1 amide bonds. The number of carbonyl (C=O) groups excluding carboxylic acids is 1. The maximum absolute atomic E-state index is 12.3. The molecule has 0 aromatic heterocycles. The van der Waals surface area contributed by atoms with Crippen molar-refractivity contribution in [1.29, 1.82) is 0 Å². The molecule has 2 aliphatic rings. The van der Waals surface area contributed by atoms with Gasteiger partial charge in [0.1, 0.15) is 0 Å². The van der Waals surface area contributed by atoms with Crippen molar-refractivity contribution in [1.82, 2.24) is 5.32 Å². The number of halogens is 1. The van der Waals surface area contributed by atoms with E-state index in [1.807, 2.05) is 6.07 Å². The number of ether oxygens (including phenoxy) is 2. The van der Waals surface area contributed by atoms with Gasteiger partial charge in [-0.2, -0.15) is 0 Å². The molecule has 5 nitrogen and oxygen atoms in total. The van der Waals surface area contributed by atoms with Crippen LogP contribution < -0.4 is 20.5 Å². The average molecular weight is 369 g/mol. The molecule has 25 heavy (non-hydrogen) atoms. The summed E-state index contributed by atoms with van der Waals surface area (Å²) in [4.78, 5) is 12.3. The van der Waals surface area contributed by atoms with Crippen molar-refractivity contribution in [3.8, 4) is 11.5 Å². The lowest BCUT2D eigenvalue weighted by Gasteiger charge is -2.38. The third-order valence-corrected chi connectivity index (χ3v) is 5.63. The second kappa shape index (κ2) is 7.83. The van der Waals surface area contributed by atoms with Crippen LogP contribution in [0.1, 0.15) is 50.5 Å². The third-order valence-electron chi connectivity index (χ3n) is 5.63. The molecule has 0 unspecified atom stereocenters. The van der Waals surface area contributed by atoms with Crippen LogP contribution in [0, 0.1) is 0 Å². The van der Waals surface area contributed by atoms with Crippen molar-refractivity contribution in [2.75, 3.05) is 20.8 Å². The molecule has 3 rings (SSSR count). The number of nitrogens with one attached hydrogen (secondary N) is 1. The molecule has 1 aromatic carbocycles. The van der Waals surface area contributed by atoms with Crippen LogP contribution in [0.5, 0.6) is 11.5 Å². The maximum Gasteiger partial charge on any atom is 0.240 e. The summed E-state index contributed by atoms with van der Waals surface area (Å²) in [5.41, 5.74) is 6.57. The number of rotatable bonds is 6. The Morgan fingerprint density at radius 2 is 1.72 bits per heavy atom. The van der Waals surface area contributed by atoms with Crippen LogP contribution in [0.3, 0.4) is 0 Å². The fraction of sp³-hybridized carbons (Fsp3) is 0.632. The number of hydrogen-bond acceptors (Lipinski definition) is 4. The largest absolute Gasteiger partial charge is 0.493 e. The molecule has 1 aromatic rings. The molecule has 0 atom stereocenters. The Hall–Kier alpha value is -1.46. The first-order valence-corrected chi connectivity index (χ1v) is 8.83. The van der Waals surface area contributed by atoms with Crippen molar-refractivity contribution in [3.05, 3.63) is 23.8 Å². The molecule has 0 saturated heterocycles. The van der Waals surface area contributed by atoms with Gasteiger partial charge in [0.2, 0.25) is 5.91 Å². The third kappa shape index (κ3) is 4.04. The molecule has 0 radical (unpaired) electrons. The van der Waals surface area contributed by atoms with Gasteiger partial charge in [-0.15, -0.1) is 12.4 Å². The summed E-state index contributed by atoms with van der Waals surface area (Å²) in [6.07, 6.45) is 7.34. The number of benzene rings is 1. The van der Waals surface area contributed by atoms with Gasteiger partial charge < -0.3 is 20.5 Å². The van der Waals surface area contributed by atoms with E-state index in [1.54, 1.807) is 14.2 Å². The van der Waals surface area contributed by atoms with Crippen molar-refractivity contribution in [2.45, 2.75) is 55.9 Å². The molecule has 0 spiro atoms. The Kier molecular flexibility index (Phi) is 6.22. The van der Waals surface area contributed by atoms with Gasteiger partial charge >= 0.3 is 0 Å². The summed E-state index contributed by atoms with van der Waals surface area (Å²) < 4.78 is 10.8. The Morgan fingerprint density at radius 3 is 2.28 bits per heavy atom. The lowest BCUT2D eigenvalue weighted by molar-refractivity contribution is -0.123. The molecular formula is C19H29ClN2O3. The van der Waals surface area contributed by atoms with Crippen LogP contribution >= 0.6 is 12.4 Å². The number of nitrogens with two attached hydrogens (primary N) is 1. The van der Waals surface area contributed by atoms with E-state index in [1.165, 1.54) is 24.8 Å². The van der Waals surface area contributed by atoms with Crippen LogP contribution in [0.2, 0.25) is 0 Å². The fourth-order valence-corrected chi connectivity index (χ4v) is 3.75. The van der Waals surface area contributed by atoms with Crippen LogP contribution in [0.25, 0.3) is 0 Å². The van der Waals surface area contributed by atoms with Gasteiger partial charge in [0, 0.05) is 12.0 Å². The zero-order valence-corrected chi connectivity index (χ0v) is 15.9. The van der Waals surface area contributed by atoms with Gasteiger partial charge in [0.15, 0.2) is 11.5 Å². The molecular weight excluding hydrogens is 340 g/mol. The first kappa shape index (κ1) is 19.9. The Bertz CT molecular complexity index is 611. The molecule has 2 aliphatic carbocycles. The van der Waals surface area contributed by atoms with E-state index >= 15 is 0 Å². The van der Waals surface area contributed by atoms with E-state index in [-0.39, 0.29) is 23.7 Å². The highest BCUT2D eigenvalue weighted by Gasteiger charge is 2.46. The average Bonchev–Trinajstić information content (AvgIpc) is 3.38. The van der Waals surface area contributed by atoms with Crippen LogP contribution in [-0.2, 0) is 10.2 Å². The van der Waals surface area contributed by atoms with E-state index in [0.717, 1.165) is 37.2 Å². The minimum atomic E-state index is -0.618. The lowest BCUT2D eigenvalue weighted by atomic mass is 9.69. The van der Waals surface area contributed by atoms with E-state index in [4.69, 9.17) is 15.2 Å². The summed E-state index contributed by atoms with van der Waals surface area (Å²) >= 11 is 0. The second-order valence-electron chi connectivity index (χ2n) is 7.25. The van der Waals surface area contributed by atoms with Gasteiger partial charge in [-0.25, -0.2) is 0 Å². The van der Waals surface area contributed by atoms with E-state index in [2.05, 4.69) is 17.4 Å². The zero-order chi connectivity index (χ0) is 17.2. The van der Waals surface area contributed by atoms with Gasteiger partial charge in [-0.1, -0.05) is 25.3 Å². The van der Waals surface area contributed by atoms with Crippen molar-refractivity contribution < 1.29 is 14.3 Å². The maximum atomic E-state index is 12.3. The van der Waals surface area contributed by atoms with Crippen LogP contribution in [-0.4, -0.2) is 32.2 Å². The Labute approximate surface area is 156 Å². The van der Waals surface area contributed by atoms with E-state index in [9.17, 15) is 4.79 Å². The Morgan fingerprint density at radius 1 is 1.08 bits per heavy atom. The van der Waals surface area contributed by atoms with Crippen molar-refractivity contribution >= 4 is 18.3 Å². The summed E-state index contributed by atoms with van der Waals surface area (Å²) in [7, 11) is 3.30. The molecule has 0 heterocycles. The topological polar surface area (TPSA) is 73.6 Å². The minimum absolute atomic E-state index is 0. The van der Waals surface area contributed by atoms with E-state index < -0.39 is 5.54 Å². The van der Waals surface area contributed by atoms with Gasteiger partial charge in [-0.05, 0) is 43.4 Å². The number of carbonyl (C=O) groups is 1. The molecule has 140 valence electrons. The summed E-state index contributed by atoms with van der Waals surface area (Å²) in [6.45, 7) is 0.639. The minimum Gasteiger partial charge on any atom is -0.493 e. The molecule has 0 aliphatic heterocycles. The summed E-state index contributed by atoms with van der Waals surface area (Å²) in [5, 5.41) is 3.12. The summed E-state index contributed by atoms with van der Waals surface area (Å²) in [5.74, 6) is 1.46. The highest BCUT2D eigenvalue weighted by atomic mass is 35.5. The highest BCUT2D eigenvalue weighted by molar-refractivity contribution is 5.89. The van der Waals surface area contributed by atoms with Gasteiger partial charge in [-0.3, -0.25) is 4.79 Å². The van der Waals surface area contributed by atoms with Crippen LogP contribution in [0.15, 0.2) is 18.2 Å². The number of amides is 1. The molecule has 6 heteroatoms. The van der Waals surface area contributed by atoms with Crippen molar-refractivity contribution in [3.63, 3.8) is 0 Å².